The SMILES string of the molecule is CC(C#N)Oc1cccc(C(C)C)c1. The summed E-state index contributed by atoms with van der Waals surface area (Å²) in [5, 5.41) is 8.60. The summed E-state index contributed by atoms with van der Waals surface area (Å²) in [6, 6.07) is 9.92. The van der Waals surface area contributed by atoms with Gasteiger partial charge in [0.2, 0.25) is 0 Å². The van der Waals surface area contributed by atoms with Crippen LogP contribution in [0.25, 0.3) is 0 Å². The van der Waals surface area contributed by atoms with Crippen LogP contribution in [0, 0.1) is 11.3 Å². The zero-order chi connectivity index (χ0) is 10.6. The van der Waals surface area contributed by atoms with E-state index in [1.807, 2.05) is 24.3 Å². The van der Waals surface area contributed by atoms with Crippen molar-refractivity contribution in [2.24, 2.45) is 0 Å². The predicted octanol–water partition coefficient (Wildman–Crippen LogP) is 3.10. The van der Waals surface area contributed by atoms with Crippen LogP contribution in [0.15, 0.2) is 24.3 Å². The molecule has 0 N–H and O–H groups in total. The zero-order valence-corrected chi connectivity index (χ0v) is 8.82. The van der Waals surface area contributed by atoms with Crippen molar-refractivity contribution in [1.82, 2.24) is 0 Å². The van der Waals surface area contributed by atoms with E-state index in [9.17, 15) is 0 Å². The molecule has 0 aliphatic heterocycles. The van der Waals surface area contributed by atoms with Crippen molar-refractivity contribution in [2.75, 3.05) is 0 Å². The summed E-state index contributed by atoms with van der Waals surface area (Å²) < 4.78 is 5.39. The first kappa shape index (κ1) is 10.6. The van der Waals surface area contributed by atoms with E-state index in [0.29, 0.717) is 5.92 Å². The molecule has 14 heavy (non-hydrogen) atoms. The van der Waals surface area contributed by atoms with Crippen LogP contribution in [0.5, 0.6) is 5.75 Å². The van der Waals surface area contributed by atoms with Gasteiger partial charge in [-0.25, -0.2) is 0 Å². The summed E-state index contributed by atoms with van der Waals surface area (Å²) in [5.74, 6) is 1.25. The molecule has 2 heteroatoms. The highest BCUT2D eigenvalue weighted by atomic mass is 16.5. The van der Waals surface area contributed by atoms with Crippen molar-refractivity contribution in [3.8, 4) is 11.8 Å². The molecule has 1 unspecified atom stereocenters. The van der Waals surface area contributed by atoms with Gasteiger partial charge in [-0.2, -0.15) is 5.26 Å². The number of hydrogen-bond donors (Lipinski definition) is 0. The lowest BCUT2D eigenvalue weighted by Crippen LogP contribution is -2.08. The van der Waals surface area contributed by atoms with Crippen LogP contribution < -0.4 is 4.74 Å². The second kappa shape index (κ2) is 4.66. The molecule has 0 heterocycles. The maximum absolute atomic E-state index is 8.60. The largest absolute Gasteiger partial charge is 0.476 e. The first-order valence-electron chi connectivity index (χ1n) is 4.79. The van der Waals surface area contributed by atoms with Gasteiger partial charge in [-0.1, -0.05) is 26.0 Å². The van der Waals surface area contributed by atoms with Crippen LogP contribution >= 0.6 is 0 Å². The second-order valence-corrected chi connectivity index (χ2v) is 3.62. The van der Waals surface area contributed by atoms with E-state index in [1.165, 1.54) is 5.56 Å². The molecule has 1 atom stereocenters. The normalized spacial score (nSPS) is 12.2. The summed E-state index contributed by atoms with van der Waals surface area (Å²) in [4.78, 5) is 0. The molecule has 0 saturated heterocycles. The maximum atomic E-state index is 8.60. The molecule has 0 saturated carbocycles. The summed E-state index contributed by atoms with van der Waals surface area (Å²) in [6.45, 7) is 6.00. The van der Waals surface area contributed by atoms with Crippen molar-refractivity contribution in [3.63, 3.8) is 0 Å². The van der Waals surface area contributed by atoms with Gasteiger partial charge in [0, 0.05) is 0 Å². The van der Waals surface area contributed by atoms with Gasteiger partial charge in [-0.3, -0.25) is 0 Å². The lowest BCUT2D eigenvalue weighted by atomic mass is 10.0. The smallest absolute Gasteiger partial charge is 0.181 e. The quantitative estimate of drug-likeness (QED) is 0.732. The van der Waals surface area contributed by atoms with Crippen LogP contribution in [-0.2, 0) is 0 Å². The Morgan fingerprint density at radius 2 is 2.00 bits per heavy atom. The van der Waals surface area contributed by atoms with E-state index in [0.717, 1.165) is 5.75 Å². The molecule has 0 radical (unpaired) electrons. The summed E-state index contributed by atoms with van der Waals surface area (Å²) in [7, 11) is 0. The Hall–Kier alpha value is -1.49. The highest BCUT2D eigenvalue weighted by Crippen LogP contribution is 2.20. The van der Waals surface area contributed by atoms with E-state index in [1.54, 1.807) is 6.92 Å². The molecule has 0 amide bonds. The zero-order valence-electron chi connectivity index (χ0n) is 8.82. The van der Waals surface area contributed by atoms with Crippen molar-refractivity contribution >= 4 is 0 Å². The molecule has 1 aromatic carbocycles. The van der Waals surface area contributed by atoms with E-state index < -0.39 is 6.10 Å². The van der Waals surface area contributed by atoms with Gasteiger partial charge in [-0.15, -0.1) is 0 Å². The molecule has 74 valence electrons. The first-order chi connectivity index (χ1) is 6.63. The minimum Gasteiger partial charge on any atom is -0.476 e. The number of rotatable bonds is 3. The molecular formula is C12H15NO. The van der Waals surface area contributed by atoms with Gasteiger partial charge in [0.05, 0.1) is 0 Å². The molecule has 0 fully saturated rings. The summed E-state index contributed by atoms with van der Waals surface area (Å²) >= 11 is 0. The second-order valence-electron chi connectivity index (χ2n) is 3.62. The third kappa shape index (κ3) is 2.77. The van der Waals surface area contributed by atoms with Crippen molar-refractivity contribution in [1.29, 1.82) is 5.26 Å². The number of nitrogens with zero attached hydrogens (tertiary/aromatic N) is 1. The highest BCUT2D eigenvalue weighted by Gasteiger charge is 2.03. The first-order valence-corrected chi connectivity index (χ1v) is 4.79. The molecule has 2 nitrogen and oxygen atoms in total. The van der Waals surface area contributed by atoms with Crippen LogP contribution in [0.1, 0.15) is 32.3 Å². The number of hydrogen-bond acceptors (Lipinski definition) is 2. The molecular weight excluding hydrogens is 174 g/mol. The topological polar surface area (TPSA) is 33.0 Å². The minimum absolute atomic E-state index is 0.391. The Balaban J connectivity index is 2.79. The lowest BCUT2D eigenvalue weighted by Gasteiger charge is -2.10. The van der Waals surface area contributed by atoms with E-state index in [2.05, 4.69) is 19.9 Å². The van der Waals surface area contributed by atoms with Crippen LogP contribution in [0.4, 0.5) is 0 Å². The highest BCUT2D eigenvalue weighted by molar-refractivity contribution is 5.30. The van der Waals surface area contributed by atoms with Gasteiger partial charge in [0.25, 0.3) is 0 Å². The Kier molecular flexibility index (Phi) is 3.53. The third-order valence-electron chi connectivity index (χ3n) is 2.02. The average molecular weight is 189 g/mol. The Morgan fingerprint density at radius 1 is 1.29 bits per heavy atom. The van der Waals surface area contributed by atoms with Crippen LogP contribution in [0.3, 0.4) is 0 Å². The molecule has 0 aliphatic carbocycles. The molecule has 0 spiro atoms. The molecule has 0 aromatic heterocycles. The fourth-order valence-corrected chi connectivity index (χ4v) is 1.18. The van der Waals surface area contributed by atoms with Crippen molar-refractivity contribution in [2.45, 2.75) is 32.8 Å². The number of nitriles is 1. The molecule has 0 aliphatic rings. The predicted molar refractivity (Wildman–Crippen MR) is 56.2 cm³/mol. The van der Waals surface area contributed by atoms with Crippen LogP contribution in [-0.4, -0.2) is 6.10 Å². The summed E-state index contributed by atoms with van der Waals surface area (Å²) in [6.07, 6.45) is -0.391. The van der Waals surface area contributed by atoms with Crippen molar-refractivity contribution < 1.29 is 4.74 Å². The number of ether oxygens (including phenoxy) is 1. The van der Waals surface area contributed by atoms with Crippen molar-refractivity contribution in [3.05, 3.63) is 29.8 Å². The monoisotopic (exact) mass is 189 g/mol. The summed E-state index contributed by atoms with van der Waals surface area (Å²) in [5.41, 5.74) is 1.23. The van der Waals surface area contributed by atoms with Gasteiger partial charge in [0.15, 0.2) is 6.10 Å². The van der Waals surface area contributed by atoms with Gasteiger partial charge >= 0.3 is 0 Å². The maximum Gasteiger partial charge on any atom is 0.181 e. The molecule has 1 rings (SSSR count). The Labute approximate surface area is 85.1 Å². The number of benzene rings is 1. The lowest BCUT2D eigenvalue weighted by molar-refractivity contribution is 0.276. The van der Waals surface area contributed by atoms with Gasteiger partial charge in [0.1, 0.15) is 11.8 Å². The van der Waals surface area contributed by atoms with E-state index >= 15 is 0 Å². The molecule has 0 bridgehead atoms. The van der Waals surface area contributed by atoms with E-state index in [4.69, 9.17) is 10.00 Å². The average Bonchev–Trinajstić information content (AvgIpc) is 2.18. The van der Waals surface area contributed by atoms with Crippen LogP contribution in [0.2, 0.25) is 0 Å². The third-order valence-corrected chi connectivity index (χ3v) is 2.02. The fraction of sp³-hybridized carbons (Fsp3) is 0.417. The van der Waals surface area contributed by atoms with Gasteiger partial charge < -0.3 is 4.74 Å². The van der Waals surface area contributed by atoms with E-state index in [-0.39, 0.29) is 0 Å². The standard InChI is InChI=1S/C12H15NO/c1-9(2)11-5-4-6-12(7-11)14-10(3)8-13/h4-7,9-10H,1-3H3. The Bertz CT molecular complexity index is 338. The molecule has 1 aromatic rings. The Morgan fingerprint density at radius 3 is 2.57 bits per heavy atom. The van der Waals surface area contributed by atoms with Gasteiger partial charge in [-0.05, 0) is 30.5 Å². The fourth-order valence-electron chi connectivity index (χ4n) is 1.18. The minimum atomic E-state index is -0.391.